The van der Waals surface area contributed by atoms with Gasteiger partial charge in [-0.2, -0.15) is 5.10 Å². The van der Waals surface area contributed by atoms with E-state index >= 15 is 0 Å². The van der Waals surface area contributed by atoms with E-state index in [1.807, 2.05) is 29.2 Å². The standard InChI is InChI=1S/C19H29N5O/c1-22(15-17-14-21-24-9-5-8-20-18(17)24)16-19(6-3-2-4-7-19)23-10-12-25-13-11-23/h5,8-9,14H,2-4,6-7,10-13,15-16H2,1H3. The van der Waals surface area contributed by atoms with Crippen molar-refractivity contribution < 1.29 is 4.74 Å². The fraction of sp³-hybridized carbons (Fsp3) is 0.684. The van der Waals surface area contributed by atoms with Gasteiger partial charge < -0.3 is 9.64 Å². The predicted octanol–water partition coefficient (Wildman–Crippen LogP) is 2.20. The lowest BCUT2D eigenvalue weighted by atomic mass is 9.79. The van der Waals surface area contributed by atoms with Gasteiger partial charge in [0, 0.05) is 49.7 Å². The Labute approximate surface area is 149 Å². The fourth-order valence-corrected chi connectivity index (χ4v) is 4.66. The van der Waals surface area contributed by atoms with Crippen LogP contribution in [0.5, 0.6) is 0 Å². The average Bonchev–Trinajstić information content (AvgIpc) is 3.06. The van der Waals surface area contributed by atoms with Gasteiger partial charge >= 0.3 is 0 Å². The van der Waals surface area contributed by atoms with Crippen LogP contribution in [0.3, 0.4) is 0 Å². The molecule has 0 radical (unpaired) electrons. The van der Waals surface area contributed by atoms with Gasteiger partial charge in [0.2, 0.25) is 0 Å². The minimum atomic E-state index is 0.313. The van der Waals surface area contributed by atoms with Crippen LogP contribution < -0.4 is 0 Å². The number of rotatable bonds is 5. The van der Waals surface area contributed by atoms with Crippen LogP contribution in [0.2, 0.25) is 0 Å². The molecule has 1 aliphatic carbocycles. The number of nitrogens with zero attached hydrogens (tertiary/aromatic N) is 5. The molecule has 0 spiro atoms. The van der Waals surface area contributed by atoms with Gasteiger partial charge in [0.15, 0.2) is 5.65 Å². The van der Waals surface area contributed by atoms with Gasteiger partial charge in [-0.1, -0.05) is 19.3 Å². The van der Waals surface area contributed by atoms with Crippen LogP contribution in [-0.4, -0.2) is 69.8 Å². The van der Waals surface area contributed by atoms with E-state index in [0.29, 0.717) is 5.54 Å². The van der Waals surface area contributed by atoms with E-state index < -0.39 is 0 Å². The van der Waals surface area contributed by atoms with Gasteiger partial charge in [-0.05, 0) is 26.0 Å². The van der Waals surface area contributed by atoms with Crippen LogP contribution in [0.4, 0.5) is 0 Å². The summed E-state index contributed by atoms with van der Waals surface area (Å²) in [6.07, 6.45) is 12.5. The zero-order valence-corrected chi connectivity index (χ0v) is 15.2. The Kier molecular flexibility index (Phi) is 5.01. The lowest BCUT2D eigenvalue weighted by Gasteiger charge is -2.49. The third-order valence-corrected chi connectivity index (χ3v) is 5.82. The molecule has 6 heteroatoms. The van der Waals surface area contributed by atoms with Crippen LogP contribution in [0.1, 0.15) is 37.7 Å². The topological polar surface area (TPSA) is 45.9 Å². The molecule has 4 rings (SSSR count). The van der Waals surface area contributed by atoms with Crippen LogP contribution in [-0.2, 0) is 11.3 Å². The predicted molar refractivity (Wildman–Crippen MR) is 97.5 cm³/mol. The van der Waals surface area contributed by atoms with Crippen molar-refractivity contribution in [3.05, 3.63) is 30.2 Å². The van der Waals surface area contributed by atoms with Crippen molar-refractivity contribution in [3.63, 3.8) is 0 Å². The SMILES string of the molecule is CN(Cc1cnn2cccnc12)CC1(N2CCOCC2)CCCCC1. The molecule has 3 heterocycles. The lowest BCUT2D eigenvalue weighted by Crippen LogP contribution is -2.59. The van der Waals surface area contributed by atoms with Gasteiger partial charge in [-0.3, -0.25) is 4.90 Å². The summed E-state index contributed by atoms with van der Waals surface area (Å²) in [6.45, 7) is 5.91. The molecule has 2 aliphatic rings. The normalized spacial score (nSPS) is 21.8. The van der Waals surface area contributed by atoms with E-state index in [0.717, 1.165) is 45.0 Å². The molecule has 2 aromatic rings. The Morgan fingerprint density at radius 3 is 2.80 bits per heavy atom. The monoisotopic (exact) mass is 343 g/mol. The molecule has 25 heavy (non-hydrogen) atoms. The molecule has 1 aliphatic heterocycles. The number of ether oxygens (including phenoxy) is 1. The number of hydrogen-bond acceptors (Lipinski definition) is 5. The average molecular weight is 343 g/mol. The summed E-state index contributed by atoms with van der Waals surface area (Å²) in [7, 11) is 2.24. The Hall–Kier alpha value is -1.50. The minimum absolute atomic E-state index is 0.313. The highest BCUT2D eigenvalue weighted by molar-refractivity contribution is 5.45. The third-order valence-electron chi connectivity index (χ3n) is 5.82. The van der Waals surface area contributed by atoms with Crippen LogP contribution in [0, 0.1) is 0 Å². The first-order chi connectivity index (χ1) is 12.3. The zero-order chi connectivity index (χ0) is 17.1. The summed E-state index contributed by atoms with van der Waals surface area (Å²) < 4.78 is 7.46. The first kappa shape index (κ1) is 16.9. The smallest absolute Gasteiger partial charge is 0.159 e. The third kappa shape index (κ3) is 3.57. The molecule has 0 aromatic carbocycles. The zero-order valence-electron chi connectivity index (χ0n) is 15.2. The molecular weight excluding hydrogens is 314 g/mol. The molecule has 1 saturated carbocycles. The van der Waals surface area contributed by atoms with Crippen LogP contribution in [0.25, 0.3) is 5.65 Å². The van der Waals surface area contributed by atoms with Crippen molar-refractivity contribution >= 4 is 5.65 Å². The molecule has 6 nitrogen and oxygen atoms in total. The first-order valence-electron chi connectivity index (χ1n) is 9.55. The first-order valence-corrected chi connectivity index (χ1v) is 9.55. The second kappa shape index (κ2) is 7.40. The van der Waals surface area contributed by atoms with Crippen molar-refractivity contribution in [2.24, 2.45) is 0 Å². The van der Waals surface area contributed by atoms with Crippen molar-refractivity contribution in [2.45, 2.75) is 44.2 Å². The Morgan fingerprint density at radius 2 is 2.00 bits per heavy atom. The highest BCUT2D eigenvalue weighted by Gasteiger charge is 2.39. The number of morpholine rings is 1. The number of fused-ring (bicyclic) bond motifs is 1. The molecule has 2 aromatic heterocycles. The maximum atomic E-state index is 5.60. The van der Waals surface area contributed by atoms with E-state index in [4.69, 9.17) is 4.74 Å². The molecule has 0 atom stereocenters. The van der Waals surface area contributed by atoms with Gasteiger partial charge in [0.1, 0.15) is 0 Å². The van der Waals surface area contributed by atoms with E-state index in [9.17, 15) is 0 Å². The van der Waals surface area contributed by atoms with Crippen molar-refractivity contribution in [3.8, 4) is 0 Å². The summed E-state index contributed by atoms with van der Waals surface area (Å²) >= 11 is 0. The molecule has 0 bridgehead atoms. The molecule has 1 saturated heterocycles. The van der Waals surface area contributed by atoms with Gasteiger partial charge in [0.25, 0.3) is 0 Å². The van der Waals surface area contributed by atoms with Crippen molar-refractivity contribution in [1.82, 2.24) is 24.4 Å². The summed E-state index contributed by atoms with van der Waals surface area (Å²) in [4.78, 5) is 9.67. The fourth-order valence-electron chi connectivity index (χ4n) is 4.66. The van der Waals surface area contributed by atoms with Gasteiger partial charge in [0.05, 0.1) is 19.4 Å². The Morgan fingerprint density at radius 1 is 1.20 bits per heavy atom. The highest BCUT2D eigenvalue weighted by atomic mass is 16.5. The molecule has 2 fully saturated rings. The molecule has 136 valence electrons. The highest BCUT2D eigenvalue weighted by Crippen LogP contribution is 2.35. The van der Waals surface area contributed by atoms with E-state index in [-0.39, 0.29) is 0 Å². The van der Waals surface area contributed by atoms with Crippen molar-refractivity contribution in [1.29, 1.82) is 0 Å². The van der Waals surface area contributed by atoms with Gasteiger partial charge in [-0.25, -0.2) is 9.50 Å². The summed E-state index contributed by atoms with van der Waals surface area (Å²) in [5.74, 6) is 0. The summed E-state index contributed by atoms with van der Waals surface area (Å²) in [6, 6.07) is 1.92. The Bertz CT molecular complexity index is 688. The van der Waals surface area contributed by atoms with E-state index in [2.05, 4.69) is 26.9 Å². The molecule has 0 N–H and O–H groups in total. The summed E-state index contributed by atoms with van der Waals surface area (Å²) in [5, 5.41) is 4.43. The lowest BCUT2D eigenvalue weighted by molar-refractivity contribution is -0.0491. The molecular formula is C19H29N5O. The number of hydrogen-bond donors (Lipinski definition) is 0. The number of aromatic nitrogens is 3. The quantitative estimate of drug-likeness (QED) is 0.833. The molecule has 0 amide bonds. The summed E-state index contributed by atoms with van der Waals surface area (Å²) in [5.41, 5.74) is 2.49. The largest absolute Gasteiger partial charge is 0.379 e. The maximum absolute atomic E-state index is 5.60. The second-order valence-electron chi connectivity index (χ2n) is 7.61. The van der Waals surface area contributed by atoms with Gasteiger partial charge in [-0.15, -0.1) is 0 Å². The maximum Gasteiger partial charge on any atom is 0.159 e. The number of likely N-dealkylation sites (N-methyl/N-ethyl adjacent to an activating group) is 1. The second-order valence-corrected chi connectivity index (χ2v) is 7.61. The van der Waals surface area contributed by atoms with E-state index in [1.165, 1.54) is 37.7 Å². The Balaban J connectivity index is 1.49. The van der Waals surface area contributed by atoms with Crippen molar-refractivity contribution in [2.75, 3.05) is 39.9 Å². The minimum Gasteiger partial charge on any atom is -0.379 e. The molecule has 0 unspecified atom stereocenters. The van der Waals surface area contributed by atoms with E-state index in [1.54, 1.807) is 0 Å². The van der Waals surface area contributed by atoms with Crippen LogP contribution >= 0.6 is 0 Å². The van der Waals surface area contributed by atoms with Crippen LogP contribution in [0.15, 0.2) is 24.7 Å².